The van der Waals surface area contributed by atoms with Crippen LogP contribution in [0.1, 0.15) is 77.0 Å². The second kappa shape index (κ2) is 10.2. The molecule has 3 unspecified atom stereocenters. The molecule has 0 bridgehead atoms. The lowest BCUT2D eigenvalue weighted by atomic mass is 9.58. The maximum atomic E-state index is 14.2. The first kappa shape index (κ1) is 31.7. The number of benzene rings is 1. The zero-order chi connectivity index (χ0) is 33.4. The summed E-state index contributed by atoms with van der Waals surface area (Å²) >= 11 is 0. The number of rotatable bonds is 5. The van der Waals surface area contributed by atoms with Crippen LogP contribution in [-0.2, 0) is 21.4 Å². The number of likely N-dealkylation sites (tertiary alicyclic amines) is 1. The van der Waals surface area contributed by atoms with Crippen LogP contribution < -0.4 is 14.8 Å². The SMILES string of the molecule is COc1cc2c(cc1NC(=O)c1cnn3ccc(C4(C(=O)O)C(=O)N(C(=O)O)C(C(C)(C)C)C4C(C)(C)C)nc13)CC(C)(C)O2. The van der Waals surface area contributed by atoms with Gasteiger partial charge in [-0.3, -0.25) is 14.4 Å². The molecule has 45 heavy (non-hydrogen) atoms. The Hall–Kier alpha value is -4.68. The molecule has 0 saturated carbocycles. The third-order valence-electron chi connectivity index (χ3n) is 8.63. The minimum absolute atomic E-state index is 0.00300. The second-order valence-corrected chi connectivity index (χ2v) is 14.5. The van der Waals surface area contributed by atoms with Gasteiger partial charge in [-0.25, -0.2) is 19.2 Å². The molecule has 3 aromatic rings. The highest BCUT2D eigenvalue weighted by Gasteiger charge is 2.71. The van der Waals surface area contributed by atoms with Gasteiger partial charge in [-0.1, -0.05) is 41.5 Å². The maximum Gasteiger partial charge on any atom is 0.414 e. The summed E-state index contributed by atoms with van der Waals surface area (Å²) in [5.41, 5.74) is -3.36. The minimum Gasteiger partial charge on any atom is -0.494 e. The van der Waals surface area contributed by atoms with Gasteiger partial charge in [0.15, 0.2) is 11.1 Å². The smallest absolute Gasteiger partial charge is 0.414 e. The first-order valence-corrected chi connectivity index (χ1v) is 14.6. The largest absolute Gasteiger partial charge is 0.494 e. The van der Waals surface area contributed by atoms with Crippen molar-refractivity contribution in [2.24, 2.45) is 16.7 Å². The van der Waals surface area contributed by atoms with Gasteiger partial charge in [0, 0.05) is 30.2 Å². The molecule has 1 saturated heterocycles. The van der Waals surface area contributed by atoms with Gasteiger partial charge >= 0.3 is 12.1 Å². The van der Waals surface area contributed by atoms with E-state index in [4.69, 9.17) is 9.47 Å². The van der Waals surface area contributed by atoms with Crippen LogP contribution in [0.25, 0.3) is 5.65 Å². The van der Waals surface area contributed by atoms with Gasteiger partial charge in [-0.05, 0) is 36.8 Å². The fourth-order valence-corrected chi connectivity index (χ4v) is 6.99. The van der Waals surface area contributed by atoms with E-state index in [0.717, 1.165) is 5.56 Å². The lowest BCUT2D eigenvalue weighted by Crippen LogP contribution is -2.53. The zero-order valence-corrected chi connectivity index (χ0v) is 26.9. The number of carbonyl (C=O) groups excluding carboxylic acids is 2. The predicted octanol–water partition coefficient (Wildman–Crippen LogP) is 4.62. The normalized spacial score (nSPS) is 22.7. The molecule has 0 spiro atoms. The molecule has 1 fully saturated rings. The maximum absolute atomic E-state index is 14.2. The summed E-state index contributed by atoms with van der Waals surface area (Å²) < 4.78 is 12.8. The van der Waals surface area contributed by atoms with Gasteiger partial charge < -0.3 is 25.0 Å². The summed E-state index contributed by atoms with van der Waals surface area (Å²) in [6, 6.07) is 3.85. The van der Waals surface area contributed by atoms with Crippen LogP contribution >= 0.6 is 0 Å². The number of amides is 3. The number of methoxy groups -OCH3 is 1. The van der Waals surface area contributed by atoms with E-state index in [1.165, 1.54) is 30.1 Å². The standard InChI is InChI=1S/C32H39N5O8/c1-29(2,3)22-23(30(4,5)6)37(28(42)43)26(39)32(22,27(40)41)21-10-11-36-24(35-21)17(15-33-36)25(38)34-18-12-16-14-31(7,8)45-19(16)13-20(18)44-9/h10-13,15,22-23H,14H2,1-9H3,(H,34,38)(H,40,41)(H,42,43). The van der Waals surface area contributed by atoms with E-state index in [-0.39, 0.29) is 16.9 Å². The molecule has 4 heterocycles. The topological polar surface area (TPSA) is 173 Å². The lowest BCUT2D eigenvalue weighted by molar-refractivity contribution is -0.153. The van der Waals surface area contributed by atoms with Gasteiger partial charge in [0.05, 0.1) is 30.7 Å². The van der Waals surface area contributed by atoms with E-state index in [9.17, 15) is 29.4 Å². The molecule has 1 aromatic carbocycles. The average molecular weight is 622 g/mol. The number of ether oxygens (including phenoxy) is 2. The highest BCUT2D eigenvalue weighted by Crippen LogP contribution is 2.56. The Morgan fingerprint density at radius 3 is 2.31 bits per heavy atom. The molecular weight excluding hydrogens is 582 g/mol. The Kier molecular flexibility index (Phi) is 7.18. The van der Waals surface area contributed by atoms with E-state index < -0.39 is 57.7 Å². The van der Waals surface area contributed by atoms with Crippen molar-refractivity contribution in [2.45, 2.75) is 78.9 Å². The predicted molar refractivity (Wildman–Crippen MR) is 163 cm³/mol. The van der Waals surface area contributed by atoms with Gasteiger partial charge in [-0.2, -0.15) is 5.10 Å². The monoisotopic (exact) mass is 621 g/mol. The van der Waals surface area contributed by atoms with E-state index >= 15 is 0 Å². The number of carboxylic acids is 1. The quantitative estimate of drug-likeness (QED) is 0.341. The number of anilines is 1. The van der Waals surface area contributed by atoms with Crippen molar-refractivity contribution in [3.05, 3.63) is 47.4 Å². The van der Waals surface area contributed by atoms with Crippen molar-refractivity contribution in [3.63, 3.8) is 0 Å². The fourth-order valence-electron chi connectivity index (χ4n) is 6.99. The number of imide groups is 1. The van der Waals surface area contributed by atoms with Crippen molar-refractivity contribution < 1.29 is 38.9 Å². The highest BCUT2D eigenvalue weighted by molar-refractivity contribution is 6.14. The average Bonchev–Trinajstić information content (AvgIpc) is 3.55. The molecule has 0 radical (unpaired) electrons. The molecule has 2 aliphatic heterocycles. The van der Waals surface area contributed by atoms with Crippen LogP contribution in [0.2, 0.25) is 0 Å². The van der Waals surface area contributed by atoms with Crippen LogP contribution in [0.3, 0.4) is 0 Å². The Morgan fingerprint density at radius 1 is 1.09 bits per heavy atom. The number of aromatic nitrogens is 3. The van der Waals surface area contributed by atoms with Gasteiger partial charge in [0.2, 0.25) is 0 Å². The van der Waals surface area contributed by atoms with E-state index in [1.807, 2.05) is 13.8 Å². The number of carbonyl (C=O) groups is 4. The number of carboxylic acid groups (broad SMARTS) is 2. The number of hydrogen-bond acceptors (Lipinski definition) is 8. The van der Waals surface area contributed by atoms with Crippen molar-refractivity contribution >= 4 is 35.2 Å². The van der Waals surface area contributed by atoms with Crippen LogP contribution in [0.15, 0.2) is 30.6 Å². The first-order chi connectivity index (χ1) is 20.7. The molecule has 13 heteroatoms. The molecule has 3 amide bonds. The molecular formula is C32H39N5O8. The van der Waals surface area contributed by atoms with Crippen molar-refractivity contribution in [1.82, 2.24) is 19.5 Å². The molecule has 13 nitrogen and oxygen atoms in total. The van der Waals surface area contributed by atoms with Crippen molar-refractivity contribution in [2.75, 3.05) is 12.4 Å². The summed E-state index contributed by atoms with van der Waals surface area (Å²) in [4.78, 5) is 59.0. The number of aliphatic carboxylic acids is 1. The van der Waals surface area contributed by atoms with E-state index in [0.29, 0.717) is 28.5 Å². The number of nitrogens with one attached hydrogen (secondary N) is 1. The van der Waals surface area contributed by atoms with Crippen LogP contribution in [-0.4, -0.2) is 72.3 Å². The molecule has 5 rings (SSSR count). The minimum atomic E-state index is -2.37. The zero-order valence-electron chi connectivity index (χ0n) is 26.9. The Bertz CT molecular complexity index is 1750. The van der Waals surface area contributed by atoms with Crippen LogP contribution in [0.5, 0.6) is 11.5 Å². The highest BCUT2D eigenvalue weighted by atomic mass is 16.5. The third kappa shape index (κ3) is 4.94. The van der Waals surface area contributed by atoms with Gasteiger partial charge in [0.1, 0.15) is 22.7 Å². The number of fused-ring (bicyclic) bond motifs is 2. The second-order valence-electron chi connectivity index (χ2n) is 14.5. The van der Waals surface area contributed by atoms with Crippen molar-refractivity contribution in [1.29, 1.82) is 0 Å². The molecule has 2 aromatic heterocycles. The third-order valence-corrected chi connectivity index (χ3v) is 8.63. The van der Waals surface area contributed by atoms with Gasteiger partial charge in [0.25, 0.3) is 11.8 Å². The summed E-state index contributed by atoms with van der Waals surface area (Å²) in [6.45, 7) is 14.6. The molecule has 240 valence electrons. The van der Waals surface area contributed by atoms with E-state index in [2.05, 4.69) is 15.4 Å². The number of hydrogen-bond donors (Lipinski definition) is 3. The van der Waals surface area contributed by atoms with Crippen LogP contribution in [0.4, 0.5) is 10.5 Å². The number of nitrogens with zero attached hydrogens (tertiary/aromatic N) is 4. The summed E-state index contributed by atoms with van der Waals surface area (Å²) in [6.07, 6.45) is 1.79. The Morgan fingerprint density at radius 2 is 1.76 bits per heavy atom. The van der Waals surface area contributed by atoms with Gasteiger partial charge in [-0.15, -0.1) is 0 Å². The Labute approximate surface area is 260 Å². The summed E-state index contributed by atoms with van der Waals surface area (Å²) in [5.74, 6) is -3.21. The fraction of sp³-hybridized carbons (Fsp3) is 0.500. The summed E-state index contributed by atoms with van der Waals surface area (Å²) in [7, 11) is 1.47. The molecule has 0 aliphatic carbocycles. The van der Waals surface area contributed by atoms with E-state index in [1.54, 1.807) is 53.7 Å². The van der Waals surface area contributed by atoms with Crippen LogP contribution in [0, 0.1) is 16.7 Å². The first-order valence-electron chi connectivity index (χ1n) is 14.6. The molecule has 2 aliphatic rings. The Balaban J connectivity index is 1.64. The van der Waals surface area contributed by atoms with Crippen molar-refractivity contribution in [3.8, 4) is 11.5 Å². The summed E-state index contributed by atoms with van der Waals surface area (Å²) in [5, 5.41) is 28.1. The molecule has 3 N–H and O–H groups in total. The molecule has 3 atom stereocenters. The lowest BCUT2D eigenvalue weighted by Gasteiger charge is -2.44.